The van der Waals surface area contributed by atoms with Crippen LogP contribution in [0.3, 0.4) is 0 Å². The second-order valence-electron chi connectivity index (χ2n) is 5.83. The molecule has 2 aromatic rings. The van der Waals surface area contributed by atoms with E-state index >= 15 is 0 Å². The van der Waals surface area contributed by atoms with E-state index in [0.717, 1.165) is 16.9 Å². The van der Waals surface area contributed by atoms with Crippen molar-refractivity contribution in [3.8, 4) is 0 Å². The van der Waals surface area contributed by atoms with Crippen molar-refractivity contribution in [3.05, 3.63) is 30.1 Å². The summed E-state index contributed by atoms with van der Waals surface area (Å²) >= 11 is 0. The second-order valence-corrected chi connectivity index (χ2v) is 8.13. The number of imidazole rings is 1. The van der Waals surface area contributed by atoms with E-state index in [1.807, 2.05) is 42.8 Å². The first-order chi connectivity index (χ1) is 10.9. The number of urea groups is 1. The molecule has 7 nitrogen and oxygen atoms in total. The van der Waals surface area contributed by atoms with Gasteiger partial charge in [-0.1, -0.05) is 12.1 Å². The standard InChI is InChI=1S/C15H20N4O3S/c1-11(14-17-12-5-3-4-6-13(12)18(14)2)16-15(20)19-7-9-23(21,22)10-8-19/h3-6,11H,7-10H2,1-2H3,(H,16,20)/t11-/m0/s1. The summed E-state index contributed by atoms with van der Waals surface area (Å²) in [6.07, 6.45) is 0. The monoisotopic (exact) mass is 336 g/mol. The van der Waals surface area contributed by atoms with Gasteiger partial charge >= 0.3 is 6.03 Å². The molecule has 0 aliphatic carbocycles. The zero-order valence-corrected chi connectivity index (χ0v) is 14.0. The van der Waals surface area contributed by atoms with Crippen LogP contribution in [0.5, 0.6) is 0 Å². The molecule has 1 aromatic heterocycles. The van der Waals surface area contributed by atoms with Crippen LogP contribution in [0, 0.1) is 0 Å². The van der Waals surface area contributed by atoms with Crippen molar-refractivity contribution in [1.29, 1.82) is 0 Å². The van der Waals surface area contributed by atoms with Crippen LogP contribution >= 0.6 is 0 Å². The maximum absolute atomic E-state index is 12.3. The van der Waals surface area contributed by atoms with Crippen molar-refractivity contribution in [3.63, 3.8) is 0 Å². The van der Waals surface area contributed by atoms with E-state index in [0.29, 0.717) is 0 Å². The van der Waals surface area contributed by atoms with Gasteiger partial charge < -0.3 is 14.8 Å². The van der Waals surface area contributed by atoms with Crippen molar-refractivity contribution in [2.45, 2.75) is 13.0 Å². The summed E-state index contributed by atoms with van der Waals surface area (Å²) in [5.74, 6) is 0.825. The molecule has 1 fully saturated rings. The average Bonchev–Trinajstić information content (AvgIpc) is 2.85. The van der Waals surface area contributed by atoms with Gasteiger partial charge in [0.05, 0.1) is 28.6 Å². The number of hydrogen-bond acceptors (Lipinski definition) is 4. The number of rotatable bonds is 2. The Morgan fingerprint density at radius 1 is 1.26 bits per heavy atom. The Labute approximate surface area is 135 Å². The zero-order chi connectivity index (χ0) is 16.6. The lowest BCUT2D eigenvalue weighted by Crippen LogP contribution is -2.48. The summed E-state index contributed by atoms with van der Waals surface area (Å²) in [6.45, 7) is 2.35. The minimum absolute atomic E-state index is 0.0289. The Kier molecular flexibility index (Phi) is 4.01. The lowest BCUT2D eigenvalue weighted by Gasteiger charge is -2.28. The van der Waals surface area contributed by atoms with E-state index in [9.17, 15) is 13.2 Å². The smallest absolute Gasteiger partial charge is 0.318 e. The lowest BCUT2D eigenvalue weighted by molar-refractivity contribution is 0.198. The van der Waals surface area contributed by atoms with Crippen LogP contribution in [-0.4, -0.2) is 53.5 Å². The summed E-state index contributed by atoms with van der Waals surface area (Å²) in [7, 11) is -1.07. The molecular formula is C15H20N4O3S. The predicted octanol–water partition coefficient (Wildman–Crippen LogP) is 1.07. The molecule has 1 atom stereocenters. The van der Waals surface area contributed by atoms with Crippen molar-refractivity contribution >= 4 is 26.9 Å². The quantitative estimate of drug-likeness (QED) is 0.889. The minimum atomic E-state index is -2.99. The largest absolute Gasteiger partial charge is 0.329 e. The third-order valence-corrected chi connectivity index (χ3v) is 5.79. The van der Waals surface area contributed by atoms with Crippen LogP contribution in [-0.2, 0) is 16.9 Å². The molecular weight excluding hydrogens is 316 g/mol. The van der Waals surface area contributed by atoms with Gasteiger partial charge in [0.25, 0.3) is 0 Å². The van der Waals surface area contributed by atoms with Crippen molar-refractivity contribution in [2.75, 3.05) is 24.6 Å². The van der Waals surface area contributed by atoms with E-state index in [-0.39, 0.29) is 36.7 Å². The van der Waals surface area contributed by atoms with E-state index in [1.165, 1.54) is 0 Å². The molecule has 1 saturated heterocycles. The molecule has 0 unspecified atom stereocenters. The van der Waals surface area contributed by atoms with Crippen molar-refractivity contribution in [2.24, 2.45) is 7.05 Å². The molecule has 0 saturated carbocycles. The molecule has 2 heterocycles. The summed E-state index contributed by atoms with van der Waals surface area (Å²) in [5, 5.41) is 2.90. The van der Waals surface area contributed by atoms with E-state index in [2.05, 4.69) is 10.3 Å². The fourth-order valence-electron chi connectivity index (χ4n) is 2.81. The molecule has 8 heteroatoms. The number of sulfone groups is 1. The van der Waals surface area contributed by atoms with Crippen molar-refractivity contribution < 1.29 is 13.2 Å². The normalized spacial score (nSPS) is 18.8. The van der Waals surface area contributed by atoms with Gasteiger partial charge in [0.2, 0.25) is 0 Å². The maximum atomic E-state index is 12.3. The first kappa shape index (κ1) is 15.8. The van der Waals surface area contributed by atoms with Gasteiger partial charge in [0.1, 0.15) is 5.82 Å². The fraction of sp³-hybridized carbons (Fsp3) is 0.467. The maximum Gasteiger partial charge on any atom is 0.318 e. The van der Waals surface area contributed by atoms with E-state index in [1.54, 1.807) is 4.90 Å². The molecule has 1 aliphatic rings. The second kappa shape index (κ2) is 5.84. The molecule has 0 radical (unpaired) electrons. The number of hydrogen-bond donors (Lipinski definition) is 1. The number of amides is 2. The van der Waals surface area contributed by atoms with Crippen LogP contribution in [0.15, 0.2) is 24.3 Å². The highest BCUT2D eigenvalue weighted by molar-refractivity contribution is 7.91. The van der Waals surface area contributed by atoms with Gasteiger partial charge in [-0.3, -0.25) is 0 Å². The third kappa shape index (κ3) is 3.17. The molecule has 0 bridgehead atoms. The van der Waals surface area contributed by atoms with Gasteiger partial charge in [-0.25, -0.2) is 18.2 Å². The number of nitrogens with one attached hydrogen (secondary N) is 1. The zero-order valence-electron chi connectivity index (χ0n) is 13.2. The highest BCUT2D eigenvalue weighted by Crippen LogP contribution is 2.19. The number of benzene rings is 1. The van der Waals surface area contributed by atoms with Gasteiger partial charge in [-0.05, 0) is 19.1 Å². The molecule has 23 heavy (non-hydrogen) atoms. The topological polar surface area (TPSA) is 84.3 Å². The van der Waals surface area contributed by atoms with Crippen molar-refractivity contribution in [1.82, 2.24) is 19.8 Å². The molecule has 0 spiro atoms. The Morgan fingerprint density at radius 3 is 2.57 bits per heavy atom. The molecule has 1 N–H and O–H groups in total. The van der Waals surface area contributed by atoms with Crippen LogP contribution in [0.4, 0.5) is 4.79 Å². The van der Waals surface area contributed by atoms with Crippen LogP contribution in [0.1, 0.15) is 18.8 Å². The van der Waals surface area contributed by atoms with E-state index < -0.39 is 9.84 Å². The summed E-state index contributed by atoms with van der Waals surface area (Å²) in [4.78, 5) is 18.4. The summed E-state index contributed by atoms with van der Waals surface area (Å²) in [6, 6.07) is 7.28. The minimum Gasteiger partial charge on any atom is -0.329 e. The average molecular weight is 336 g/mol. The number of aryl methyl sites for hydroxylation is 1. The number of aromatic nitrogens is 2. The molecule has 2 amide bonds. The van der Waals surface area contributed by atoms with E-state index in [4.69, 9.17) is 0 Å². The first-order valence-corrected chi connectivity index (χ1v) is 9.37. The summed E-state index contributed by atoms with van der Waals surface area (Å²) in [5.41, 5.74) is 1.89. The van der Waals surface area contributed by atoms with Crippen LogP contribution in [0.25, 0.3) is 11.0 Å². The third-order valence-electron chi connectivity index (χ3n) is 4.18. The van der Waals surface area contributed by atoms with Crippen LogP contribution in [0.2, 0.25) is 0 Å². The lowest BCUT2D eigenvalue weighted by atomic mass is 10.3. The van der Waals surface area contributed by atoms with Gasteiger partial charge in [-0.15, -0.1) is 0 Å². The number of para-hydroxylation sites is 2. The fourth-order valence-corrected chi connectivity index (χ4v) is 4.01. The highest BCUT2D eigenvalue weighted by Gasteiger charge is 2.26. The molecule has 1 aliphatic heterocycles. The molecule has 3 rings (SSSR count). The summed E-state index contributed by atoms with van der Waals surface area (Å²) < 4.78 is 24.8. The van der Waals surface area contributed by atoms with Gasteiger partial charge in [-0.2, -0.15) is 0 Å². The Bertz CT molecular complexity index is 830. The SMILES string of the molecule is C[C@H](NC(=O)N1CCS(=O)(=O)CC1)c1nc2ccccc2n1C. The first-order valence-electron chi connectivity index (χ1n) is 7.54. The van der Waals surface area contributed by atoms with Gasteiger partial charge in [0.15, 0.2) is 9.84 Å². The predicted molar refractivity (Wildman–Crippen MR) is 87.9 cm³/mol. The Hall–Kier alpha value is -2.09. The molecule has 124 valence electrons. The van der Waals surface area contributed by atoms with Gasteiger partial charge in [0, 0.05) is 20.1 Å². The number of fused-ring (bicyclic) bond motifs is 1. The Morgan fingerprint density at radius 2 is 1.91 bits per heavy atom. The number of carbonyl (C=O) groups is 1. The molecule has 1 aromatic carbocycles. The highest BCUT2D eigenvalue weighted by atomic mass is 32.2. The van der Waals surface area contributed by atoms with Crippen LogP contribution < -0.4 is 5.32 Å². The Balaban J connectivity index is 1.72. The number of nitrogens with zero attached hydrogens (tertiary/aromatic N) is 3. The number of carbonyl (C=O) groups excluding carboxylic acids is 1.